The largest absolute Gasteiger partial charge is 0.305 e. The topological polar surface area (TPSA) is 64.5 Å². The number of aromatic nitrogens is 5. The van der Waals surface area contributed by atoms with Crippen LogP contribution in [0.1, 0.15) is 11.1 Å². The van der Waals surface area contributed by atoms with Crippen LogP contribution >= 0.6 is 0 Å². The van der Waals surface area contributed by atoms with E-state index in [0.717, 1.165) is 83.4 Å². The molecule has 0 N–H and O–H groups in total. The number of pyridine rings is 5. The first-order valence-electron chi connectivity index (χ1n) is 17.1. The summed E-state index contributed by atoms with van der Waals surface area (Å²) in [6, 6.07) is 51.6. The van der Waals surface area contributed by atoms with Crippen LogP contribution in [0.2, 0.25) is 0 Å². The standard InChI is InChI=1S/C36H25N4.C11H8N.Ir/c1-23-12-16-39-34(17-23)28-19-26(31-21-25(11-10-24(31)2)33-9-3-4-13-37-33)18-27(20-28)32-22-35-29(7-5-14-38-35)30-8-6-15-40-36(30)32;1-2-6-10(7-3-1)11-8-4-5-9-12-11;/h3-10,12-22H,1-2H3;1-6,8-9H;/q2*-1;. The van der Waals surface area contributed by atoms with Crippen LogP contribution in [0.25, 0.3) is 77.8 Å². The maximum atomic E-state index is 4.84. The summed E-state index contributed by atoms with van der Waals surface area (Å²) in [5, 5.41) is 2.19. The zero-order chi connectivity index (χ0) is 35.3. The number of aryl methyl sites for hydroxylation is 2. The van der Waals surface area contributed by atoms with Crippen molar-refractivity contribution in [2.45, 2.75) is 13.8 Å². The minimum absolute atomic E-state index is 0. The van der Waals surface area contributed by atoms with E-state index in [2.05, 4.69) is 84.5 Å². The molecule has 4 aromatic carbocycles. The third-order valence-corrected chi connectivity index (χ3v) is 8.99. The summed E-state index contributed by atoms with van der Waals surface area (Å²) < 4.78 is 0. The second kappa shape index (κ2) is 16.0. The average Bonchev–Trinajstić information content (AvgIpc) is 3.22. The van der Waals surface area contributed by atoms with Gasteiger partial charge in [-0.05, 0) is 95.7 Å². The second-order valence-electron chi connectivity index (χ2n) is 12.6. The summed E-state index contributed by atoms with van der Waals surface area (Å²) >= 11 is 0. The van der Waals surface area contributed by atoms with Crippen molar-refractivity contribution < 1.29 is 20.1 Å². The number of benzene rings is 4. The molecule has 9 aromatic rings. The van der Waals surface area contributed by atoms with Gasteiger partial charge in [0, 0.05) is 73.0 Å². The van der Waals surface area contributed by atoms with E-state index in [9.17, 15) is 0 Å². The van der Waals surface area contributed by atoms with Gasteiger partial charge in [-0.15, -0.1) is 65.2 Å². The zero-order valence-electron chi connectivity index (χ0n) is 29.2. The Hall–Kier alpha value is -6.20. The van der Waals surface area contributed by atoms with Crippen molar-refractivity contribution in [3.05, 3.63) is 188 Å². The Labute approximate surface area is 322 Å². The molecule has 1 radical (unpaired) electrons. The van der Waals surface area contributed by atoms with Crippen molar-refractivity contribution in [1.82, 2.24) is 24.9 Å². The first-order valence-corrected chi connectivity index (χ1v) is 17.1. The molecule has 0 aliphatic carbocycles. The van der Waals surface area contributed by atoms with Gasteiger partial charge < -0.3 is 9.97 Å². The van der Waals surface area contributed by atoms with E-state index in [4.69, 9.17) is 15.0 Å². The molecule has 5 aromatic heterocycles. The fourth-order valence-electron chi connectivity index (χ4n) is 6.42. The molecule has 0 bridgehead atoms. The van der Waals surface area contributed by atoms with E-state index in [0.29, 0.717) is 0 Å². The first kappa shape index (κ1) is 35.2. The summed E-state index contributed by atoms with van der Waals surface area (Å²) in [5.41, 5.74) is 14.4. The third-order valence-electron chi connectivity index (χ3n) is 8.99. The maximum Gasteiger partial charge on any atom is 0.0787 e. The predicted molar refractivity (Wildman–Crippen MR) is 211 cm³/mol. The maximum absolute atomic E-state index is 4.84. The minimum atomic E-state index is 0. The number of fused-ring (bicyclic) bond motifs is 3. The van der Waals surface area contributed by atoms with Crippen molar-refractivity contribution in [2.75, 3.05) is 0 Å². The van der Waals surface area contributed by atoms with Crippen molar-refractivity contribution in [3.63, 3.8) is 0 Å². The van der Waals surface area contributed by atoms with Crippen LogP contribution in [0.15, 0.2) is 164 Å². The van der Waals surface area contributed by atoms with E-state index in [1.807, 2.05) is 110 Å². The van der Waals surface area contributed by atoms with Crippen molar-refractivity contribution >= 4 is 21.8 Å². The molecule has 0 aliphatic heterocycles. The molecule has 257 valence electrons. The van der Waals surface area contributed by atoms with Gasteiger partial charge in [0.2, 0.25) is 0 Å². The summed E-state index contributed by atoms with van der Waals surface area (Å²) in [6.07, 6.45) is 9.18. The SMILES string of the molecule is Cc1ccnc(-c2cc(-c3cc(-c4ccccn4)[c-]cc3C)cc(-c3cc4ncccc4c4cccnc34)c2)c1.[Ir].[c-]1ccccc1-c1ccccn1. The monoisotopic (exact) mass is 860 g/mol. The molecule has 9 rings (SSSR count). The third kappa shape index (κ3) is 7.70. The van der Waals surface area contributed by atoms with Gasteiger partial charge in [0.25, 0.3) is 0 Å². The fourth-order valence-corrected chi connectivity index (χ4v) is 6.42. The van der Waals surface area contributed by atoms with Gasteiger partial charge in [-0.2, -0.15) is 0 Å². The Morgan fingerprint density at radius 1 is 0.453 bits per heavy atom. The molecule has 5 heterocycles. The van der Waals surface area contributed by atoms with Gasteiger partial charge in [-0.25, -0.2) is 0 Å². The second-order valence-corrected chi connectivity index (χ2v) is 12.6. The summed E-state index contributed by atoms with van der Waals surface area (Å²) in [7, 11) is 0. The van der Waals surface area contributed by atoms with Crippen molar-refractivity contribution in [2.24, 2.45) is 0 Å². The van der Waals surface area contributed by atoms with Gasteiger partial charge in [-0.3, -0.25) is 15.0 Å². The van der Waals surface area contributed by atoms with Crippen molar-refractivity contribution in [1.29, 1.82) is 0 Å². The molecule has 53 heavy (non-hydrogen) atoms. The quantitative estimate of drug-likeness (QED) is 0.127. The minimum Gasteiger partial charge on any atom is -0.305 e. The van der Waals surface area contributed by atoms with Crippen molar-refractivity contribution in [3.8, 4) is 56.0 Å². The molecular weight excluding hydrogens is 827 g/mol. The Kier molecular flexibility index (Phi) is 10.6. The number of nitrogens with zero attached hydrogens (tertiary/aromatic N) is 5. The molecule has 0 atom stereocenters. The van der Waals surface area contributed by atoms with E-state index >= 15 is 0 Å². The number of hydrogen-bond acceptors (Lipinski definition) is 5. The Morgan fingerprint density at radius 2 is 1.11 bits per heavy atom. The van der Waals surface area contributed by atoms with Gasteiger partial charge in [0.05, 0.1) is 16.7 Å². The first-order chi connectivity index (χ1) is 25.6. The van der Waals surface area contributed by atoms with Crippen LogP contribution < -0.4 is 0 Å². The molecule has 6 heteroatoms. The van der Waals surface area contributed by atoms with E-state index < -0.39 is 0 Å². The number of rotatable bonds is 5. The van der Waals surface area contributed by atoms with Crippen LogP contribution in [0.4, 0.5) is 0 Å². The molecule has 0 fully saturated rings. The van der Waals surface area contributed by atoms with Crippen LogP contribution in [-0.2, 0) is 20.1 Å². The van der Waals surface area contributed by atoms with Gasteiger partial charge in [0.1, 0.15) is 0 Å². The Balaban J connectivity index is 0.000000284. The molecule has 0 spiro atoms. The van der Waals surface area contributed by atoms with Crippen LogP contribution in [0, 0.1) is 26.0 Å². The van der Waals surface area contributed by atoms with E-state index in [1.165, 1.54) is 5.56 Å². The van der Waals surface area contributed by atoms with Crippen LogP contribution in [0.3, 0.4) is 0 Å². The zero-order valence-corrected chi connectivity index (χ0v) is 31.6. The van der Waals surface area contributed by atoms with Gasteiger partial charge >= 0.3 is 0 Å². The summed E-state index contributed by atoms with van der Waals surface area (Å²) in [6.45, 7) is 4.22. The Morgan fingerprint density at radius 3 is 1.83 bits per heavy atom. The van der Waals surface area contributed by atoms with Crippen LogP contribution in [-0.4, -0.2) is 24.9 Å². The predicted octanol–water partition coefficient (Wildman–Crippen LogP) is 11.2. The smallest absolute Gasteiger partial charge is 0.0787 e. The molecule has 0 unspecified atom stereocenters. The van der Waals surface area contributed by atoms with E-state index in [-0.39, 0.29) is 20.1 Å². The molecule has 0 aliphatic rings. The average molecular weight is 860 g/mol. The molecular formula is C47H33IrN5-2. The molecule has 5 nitrogen and oxygen atoms in total. The van der Waals surface area contributed by atoms with E-state index in [1.54, 1.807) is 6.20 Å². The normalized spacial score (nSPS) is 10.7. The molecule has 0 saturated heterocycles. The molecule has 0 amide bonds. The fraction of sp³-hybridized carbons (Fsp3) is 0.0426. The number of hydrogen-bond donors (Lipinski definition) is 0. The summed E-state index contributed by atoms with van der Waals surface area (Å²) in [4.78, 5) is 23.1. The summed E-state index contributed by atoms with van der Waals surface area (Å²) in [5.74, 6) is 0. The molecule has 0 saturated carbocycles. The van der Waals surface area contributed by atoms with Gasteiger partial charge in [0.15, 0.2) is 0 Å². The van der Waals surface area contributed by atoms with Crippen LogP contribution in [0.5, 0.6) is 0 Å². The van der Waals surface area contributed by atoms with Gasteiger partial charge in [-0.1, -0.05) is 48.9 Å². The Bertz CT molecular complexity index is 2610.